The number of amides is 1. The first-order chi connectivity index (χ1) is 13.2. The number of nitrogens with one attached hydrogen (secondary N) is 2. The van der Waals surface area contributed by atoms with Crippen LogP contribution in [0, 0.1) is 12.3 Å². The Hall–Kier alpha value is -2.81. The summed E-state index contributed by atoms with van der Waals surface area (Å²) in [6.45, 7) is 1.39. The number of hydrogen-bond donors (Lipinski definition) is 2. The van der Waals surface area contributed by atoms with Crippen LogP contribution < -0.4 is 15.4 Å². The predicted molar refractivity (Wildman–Crippen MR) is 106 cm³/mol. The third-order valence-corrected chi connectivity index (χ3v) is 4.58. The number of methoxy groups -OCH3 is 1. The summed E-state index contributed by atoms with van der Waals surface area (Å²) in [7, 11) is 1.60. The molecule has 1 amide bonds. The molecule has 0 aromatic heterocycles. The van der Waals surface area contributed by atoms with E-state index >= 15 is 0 Å². The fourth-order valence-corrected chi connectivity index (χ4v) is 3.10. The molecule has 1 saturated heterocycles. The van der Waals surface area contributed by atoms with E-state index in [1.807, 2.05) is 24.3 Å². The van der Waals surface area contributed by atoms with Gasteiger partial charge in [0, 0.05) is 24.4 Å². The summed E-state index contributed by atoms with van der Waals surface area (Å²) in [5.41, 5.74) is 2.36. The van der Waals surface area contributed by atoms with Gasteiger partial charge in [0.25, 0.3) is 5.91 Å². The second kappa shape index (κ2) is 9.22. The van der Waals surface area contributed by atoms with Crippen molar-refractivity contribution in [3.63, 3.8) is 0 Å². The lowest BCUT2D eigenvalue weighted by atomic mass is 10.1. The first-order valence-corrected chi connectivity index (χ1v) is 9.05. The Kier molecular flexibility index (Phi) is 6.48. The van der Waals surface area contributed by atoms with Crippen molar-refractivity contribution in [2.75, 3.05) is 19.0 Å². The van der Waals surface area contributed by atoms with Gasteiger partial charge in [-0.3, -0.25) is 10.1 Å². The number of benzene rings is 2. The molecule has 0 spiro atoms. The summed E-state index contributed by atoms with van der Waals surface area (Å²) in [4.78, 5) is 12.4. The molecule has 1 heterocycles. The third-order valence-electron chi connectivity index (χ3n) is 4.58. The fourth-order valence-electron chi connectivity index (χ4n) is 3.10. The lowest BCUT2D eigenvalue weighted by Crippen LogP contribution is -2.37. The molecule has 1 fully saturated rings. The van der Waals surface area contributed by atoms with Crippen molar-refractivity contribution >= 4 is 11.6 Å². The van der Waals surface area contributed by atoms with Gasteiger partial charge in [-0.05, 0) is 54.8 Å². The molecule has 0 unspecified atom stereocenters. The molecule has 3 rings (SSSR count). The fraction of sp³-hybridized carbons (Fsp3) is 0.318. The van der Waals surface area contributed by atoms with Crippen LogP contribution in [0.4, 0.5) is 5.69 Å². The average Bonchev–Trinajstić information content (AvgIpc) is 3.23. The molecule has 2 aromatic rings. The first kappa shape index (κ1) is 19.0. The Balaban J connectivity index is 1.59. The van der Waals surface area contributed by atoms with Gasteiger partial charge in [-0.2, -0.15) is 0 Å². The Morgan fingerprint density at radius 2 is 2.15 bits per heavy atom. The van der Waals surface area contributed by atoms with E-state index in [1.54, 1.807) is 31.4 Å². The molecule has 0 radical (unpaired) electrons. The highest BCUT2D eigenvalue weighted by molar-refractivity contribution is 6.04. The van der Waals surface area contributed by atoms with Crippen LogP contribution in [-0.4, -0.2) is 31.8 Å². The van der Waals surface area contributed by atoms with Crippen LogP contribution in [0.1, 0.15) is 28.8 Å². The Bertz CT molecular complexity index is 805. The maximum Gasteiger partial charge on any atom is 0.255 e. The highest BCUT2D eigenvalue weighted by Gasteiger charge is 2.23. The minimum atomic E-state index is -0.163. The molecule has 27 heavy (non-hydrogen) atoms. The SMILES string of the molecule is C#C[C@H](NCc1cccc(NC(=O)c2ccc(OC)cc2)c1)[C@H]1CCCO1. The van der Waals surface area contributed by atoms with E-state index in [-0.39, 0.29) is 18.1 Å². The van der Waals surface area contributed by atoms with Gasteiger partial charge in [0.15, 0.2) is 0 Å². The van der Waals surface area contributed by atoms with Gasteiger partial charge in [0.1, 0.15) is 5.75 Å². The van der Waals surface area contributed by atoms with Crippen molar-refractivity contribution in [3.8, 4) is 18.1 Å². The zero-order chi connectivity index (χ0) is 19.1. The van der Waals surface area contributed by atoms with Crippen molar-refractivity contribution in [2.24, 2.45) is 0 Å². The van der Waals surface area contributed by atoms with E-state index in [4.69, 9.17) is 15.9 Å². The number of rotatable bonds is 7. The summed E-state index contributed by atoms with van der Waals surface area (Å²) in [6, 6.07) is 14.6. The molecule has 2 aromatic carbocycles. The van der Waals surface area contributed by atoms with Crippen LogP contribution in [0.15, 0.2) is 48.5 Å². The average molecular weight is 364 g/mol. The van der Waals surface area contributed by atoms with Gasteiger partial charge < -0.3 is 14.8 Å². The van der Waals surface area contributed by atoms with Crippen LogP contribution in [0.5, 0.6) is 5.75 Å². The number of carbonyl (C=O) groups is 1. The highest BCUT2D eigenvalue weighted by atomic mass is 16.5. The maximum atomic E-state index is 12.4. The van der Waals surface area contributed by atoms with Crippen LogP contribution in [-0.2, 0) is 11.3 Å². The summed E-state index contributed by atoms with van der Waals surface area (Å²) >= 11 is 0. The number of ether oxygens (including phenoxy) is 2. The van der Waals surface area contributed by atoms with Gasteiger partial charge in [0.2, 0.25) is 0 Å². The van der Waals surface area contributed by atoms with E-state index in [2.05, 4.69) is 16.6 Å². The molecule has 2 N–H and O–H groups in total. The summed E-state index contributed by atoms with van der Waals surface area (Å²) in [5, 5.41) is 6.29. The molecule has 5 heteroatoms. The second-order valence-electron chi connectivity index (χ2n) is 6.46. The quantitative estimate of drug-likeness (QED) is 0.741. The number of carbonyl (C=O) groups excluding carboxylic acids is 1. The van der Waals surface area contributed by atoms with Crippen molar-refractivity contribution in [1.29, 1.82) is 0 Å². The predicted octanol–water partition coefficient (Wildman–Crippen LogP) is 3.22. The Morgan fingerprint density at radius 1 is 1.33 bits per heavy atom. The van der Waals surface area contributed by atoms with Crippen LogP contribution >= 0.6 is 0 Å². The zero-order valence-electron chi connectivity index (χ0n) is 15.4. The summed E-state index contributed by atoms with van der Waals surface area (Å²) in [5.74, 6) is 3.33. The lowest BCUT2D eigenvalue weighted by Gasteiger charge is -2.19. The monoisotopic (exact) mass is 364 g/mol. The van der Waals surface area contributed by atoms with Crippen molar-refractivity contribution < 1.29 is 14.3 Å². The third kappa shape index (κ3) is 5.10. The van der Waals surface area contributed by atoms with E-state index in [9.17, 15) is 4.79 Å². The Morgan fingerprint density at radius 3 is 2.81 bits per heavy atom. The van der Waals surface area contributed by atoms with Crippen molar-refractivity contribution in [2.45, 2.75) is 31.5 Å². The highest BCUT2D eigenvalue weighted by Crippen LogP contribution is 2.17. The lowest BCUT2D eigenvalue weighted by molar-refractivity contribution is 0.0934. The topological polar surface area (TPSA) is 59.6 Å². The van der Waals surface area contributed by atoms with Crippen LogP contribution in [0.2, 0.25) is 0 Å². The smallest absolute Gasteiger partial charge is 0.255 e. The standard InChI is InChI=1S/C22H24N2O3/c1-3-20(21-8-5-13-27-21)23-15-16-6-4-7-18(14-16)24-22(25)17-9-11-19(26-2)12-10-17/h1,4,6-7,9-12,14,20-21,23H,5,8,13,15H2,2H3,(H,24,25)/t20-,21+/m0/s1. The molecule has 0 saturated carbocycles. The maximum absolute atomic E-state index is 12.4. The van der Waals surface area contributed by atoms with Gasteiger partial charge in [-0.1, -0.05) is 18.1 Å². The number of terminal acetylenes is 1. The second-order valence-corrected chi connectivity index (χ2v) is 6.46. The largest absolute Gasteiger partial charge is 0.497 e. The number of anilines is 1. The van der Waals surface area contributed by atoms with E-state index in [0.717, 1.165) is 30.7 Å². The molecule has 0 aliphatic carbocycles. The molecule has 1 aliphatic heterocycles. The number of hydrogen-bond acceptors (Lipinski definition) is 4. The molecule has 5 nitrogen and oxygen atoms in total. The zero-order valence-corrected chi connectivity index (χ0v) is 15.4. The molecule has 140 valence electrons. The minimum absolute atomic E-state index is 0.0768. The summed E-state index contributed by atoms with van der Waals surface area (Å²) in [6.07, 6.45) is 7.75. The van der Waals surface area contributed by atoms with E-state index in [1.165, 1.54) is 0 Å². The van der Waals surface area contributed by atoms with E-state index < -0.39 is 0 Å². The molecular formula is C22H24N2O3. The van der Waals surface area contributed by atoms with Gasteiger partial charge in [-0.25, -0.2) is 0 Å². The molecule has 2 atom stereocenters. The summed E-state index contributed by atoms with van der Waals surface area (Å²) < 4.78 is 10.8. The Labute approximate surface area is 160 Å². The van der Waals surface area contributed by atoms with Crippen molar-refractivity contribution in [1.82, 2.24) is 5.32 Å². The van der Waals surface area contributed by atoms with Gasteiger partial charge in [0.05, 0.1) is 19.3 Å². The van der Waals surface area contributed by atoms with Crippen molar-refractivity contribution in [3.05, 3.63) is 59.7 Å². The van der Waals surface area contributed by atoms with E-state index in [0.29, 0.717) is 17.9 Å². The van der Waals surface area contributed by atoms with Crippen LogP contribution in [0.25, 0.3) is 0 Å². The molecule has 1 aliphatic rings. The first-order valence-electron chi connectivity index (χ1n) is 9.05. The van der Waals surface area contributed by atoms with Gasteiger partial charge >= 0.3 is 0 Å². The normalized spacial score (nSPS) is 17.1. The van der Waals surface area contributed by atoms with Gasteiger partial charge in [-0.15, -0.1) is 6.42 Å². The molecule has 0 bridgehead atoms. The van der Waals surface area contributed by atoms with Crippen LogP contribution in [0.3, 0.4) is 0 Å². The molecular weight excluding hydrogens is 340 g/mol. The minimum Gasteiger partial charge on any atom is -0.497 e.